The van der Waals surface area contributed by atoms with E-state index < -0.39 is 10.1 Å². The van der Waals surface area contributed by atoms with E-state index in [4.69, 9.17) is 0 Å². The van der Waals surface area contributed by atoms with Gasteiger partial charge in [0.05, 0.1) is 4.90 Å². The molecular weight excluding hydrogens is 288 g/mol. The van der Waals surface area contributed by atoms with Crippen LogP contribution in [0, 0.1) is 5.92 Å². The Bertz CT molecular complexity index is 586. The maximum atomic E-state index is 12.1. The van der Waals surface area contributed by atoms with Crippen molar-refractivity contribution in [2.75, 3.05) is 0 Å². The molecule has 1 fully saturated rings. The van der Waals surface area contributed by atoms with Crippen molar-refractivity contribution in [2.24, 2.45) is 5.92 Å². The van der Waals surface area contributed by atoms with Gasteiger partial charge in [0.15, 0.2) is 0 Å². The molecule has 1 saturated carbocycles. The summed E-state index contributed by atoms with van der Waals surface area (Å²) >= 11 is 0. The summed E-state index contributed by atoms with van der Waals surface area (Å²) in [7, 11) is -4.27. The van der Waals surface area contributed by atoms with Gasteiger partial charge in [0.1, 0.15) is 5.78 Å². The Morgan fingerprint density at radius 2 is 1.81 bits per heavy atom. The fourth-order valence-electron chi connectivity index (χ4n) is 3.04. The highest BCUT2D eigenvalue weighted by Gasteiger charge is 2.18. The third-order valence-electron chi connectivity index (χ3n) is 4.19. The summed E-state index contributed by atoms with van der Waals surface area (Å²) < 4.78 is 31.7. The summed E-state index contributed by atoms with van der Waals surface area (Å²) in [5, 5.41) is 0. The first kappa shape index (κ1) is 16.2. The molecule has 1 aromatic rings. The molecule has 1 aliphatic carbocycles. The van der Waals surface area contributed by atoms with Crippen molar-refractivity contribution in [3.63, 3.8) is 0 Å². The van der Waals surface area contributed by atoms with E-state index in [-0.39, 0.29) is 17.1 Å². The second-order valence-corrected chi connectivity index (χ2v) is 7.23. The van der Waals surface area contributed by atoms with Crippen molar-refractivity contribution in [1.82, 2.24) is 0 Å². The van der Waals surface area contributed by atoms with Crippen LogP contribution in [0.3, 0.4) is 0 Å². The summed E-state index contributed by atoms with van der Waals surface area (Å²) in [4.78, 5) is 11.9. The molecule has 2 rings (SSSR count). The normalized spacial score (nSPS) is 16.8. The van der Waals surface area contributed by atoms with Crippen LogP contribution in [0.5, 0.6) is 0 Å². The van der Waals surface area contributed by atoms with Gasteiger partial charge in [-0.15, -0.1) is 0 Å². The Hall–Kier alpha value is -1.20. The van der Waals surface area contributed by atoms with Gasteiger partial charge in [-0.25, -0.2) is 0 Å². The van der Waals surface area contributed by atoms with Crippen molar-refractivity contribution in [1.29, 1.82) is 0 Å². The first-order chi connectivity index (χ1) is 9.97. The number of rotatable bonds is 6. The second-order valence-electron chi connectivity index (χ2n) is 5.84. The van der Waals surface area contributed by atoms with E-state index >= 15 is 0 Å². The largest absolute Gasteiger partial charge is 0.299 e. The number of Topliss-reactive ketones (excluding diaryl/α,β-unsaturated/α-hetero) is 1. The lowest BCUT2D eigenvalue weighted by molar-refractivity contribution is -0.118. The first-order valence-corrected chi connectivity index (χ1v) is 8.98. The van der Waals surface area contributed by atoms with Crippen LogP contribution in [0.15, 0.2) is 29.2 Å². The molecule has 0 radical (unpaired) electrons. The molecule has 0 spiro atoms. The number of hydrogen-bond acceptors (Lipinski definition) is 3. The Balaban J connectivity index is 1.93. The van der Waals surface area contributed by atoms with Gasteiger partial charge in [-0.3, -0.25) is 9.35 Å². The average Bonchev–Trinajstić information content (AvgIpc) is 2.46. The molecule has 1 N–H and O–H groups in total. The Morgan fingerprint density at radius 1 is 1.14 bits per heavy atom. The highest BCUT2D eigenvalue weighted by atomic mass is 32.2. The first-order valence-electron chi connectivity index (χ1n) is 7.54. The average molecular weight is 310 g/mol. The van der Waals surface area contributed by atoms with Crippen molar-refractivity contribution in [3.8, 4) is 0 Å². The monoisotopic (exact) mass is 310 g/mol. The van der Waals surface area contributed by atoms with Crippen molar-refractivity contribution in [2.45, 2.75) is 56.3 Å². The quantitative estimate of drug-likeness (QED) is 0.817. The number of carbonyl (C=O) groups excluding carboxylic acids is 1. The van der Waals surface area contributed by atoms with E-state index in [0.717, 1.165) is 6.42 Å². The van der Waals surface area contributed by atoms with E-state index in [2.05, 4.69) is 0 Å². The van der Waals surface area contributed by atoms with Gasteiger partial charge in [0, 0.05) is 12.8 Å². The van der Waals surface area contributed by atoms with E-state index in [0.29, 0.717) is 17.9 Å². The minimum absolute atomic E-state index is 0.0386. The highest BCUT2D eigenvalue weighted by Crippen LogP contribution is 2.27. The Labute approximate surface area is 126 Å². The minimum Gasteiger partial charge on any atom is -0.299 e. The molecule has 0 heterocycles. The number of ketones is 1. The van der Waals surface area contributed by atoms with Crippen LogP contribution < -0.4 is 0 Å². The molecule has 1 aromatic carbocycles. The van der Waals surface area contributed by atoms with Crippen LogP contribution in [-0.4, -0.2) is 18.8 Å². The molecule has 0 bridgehead atoms. The van der Waals surface area contributed by atoms with Gasteiger partial charge in [-0.1, -0.05) is 50.3 Å². The summed E-state index contributed by atoms with van der Waals surface area (Å²) in [5.41, 5.74) is 0.383. The van der Waals surface area contributed by atoms with Crippen LogP contribution in [0.4, 0.5) is 0 Å². The zero-order chi connectivity index (χ0) is 15.3. The lowest BCUT2D eigenvalue weighted by Crippen LogP contribution is -2.12. The van der Waals surface area contributed by atoms with E-state index in [9.17, 15) is 17.8 Å². The van der Waals surface area contributed by atoms with Crippen LogP contribution in [0.2, 0.25) is 0 Å². The molecular formula is C16H22O4S. The molecule has 1 aliphatic rings. The maximum Gasteiger partial charge on any atom is 0.294 e. The zero-order valence-electron chi connectivity index (χ0n) is 12.1. The second kappa shape index (κ2) is 7.18. The van der Waals surface area contributed by atoms with Gasteiger partial charge < -0.3 is 0 Å². The standard InChI is InChI=1S/C16H22O4S/c17-15(11-10-13-6-2-1-3-7-13)12-14-8-4-5-9-16(14)21(18,19)20/h4-5,8-9,13H,1-3,6-7,10-12H2,(H,18,19,20). The van der Waals surface area contributed by atoms with Crippen LogP contribution >= 0.6 is 0 Å². The third-order valence-corrected chi connectivity index (χ3v) is 5.15. The summed E-state index contributed by atoms with van der Waals surface area (Å²) in [6.45, 7) is 0. The van der Waals surface area contributed by atoms with E-state index in [1.807, 2.05) is 0 Å². The van der Waals surface area contributed by atoms with Gasteiger partial charge >= 0.3 is 0 Å². The summed E-state index contributed by atoms with van der Waals surface area (Å²) in [5.74, 6) is 0.677. The Morgan fingerprint density at radius 3 is 2.48 bits per heavy atom. The van der Waals surface area contributed by atoms with Gasteiger partial charge in [-0.2, -0.15) is 8.42 Å². The smallest absolute Gasteiger partial charge is 0.294 e. The van der Waals surface area contributed by atoms with E-state index in [1.54, 1.807) is 18.2 Å². The minimum atomic E-state index is -4.27. The third kappa shape index (κ3) is 4.93. The Kier molecular flexibility index (Phi) is 5.53. The molecule has 5 heteroatoms. The highest BCUT2D eigenvalue weighted by molar-refractivity contribution is 7.85. The van der Waals surface area contributed by atoms with Crippen molar-refractivity contribution < 1.29 is 17.8 Å². The molecule has 0 aliphatic heterocycles. The van der Waals surface area contributed by atoms with Crippen LogP contribution in [0.25, 0.3) is 0 Å². The fraction of sp³-hybridized carbons (Fsp3) is 0.562. The lowest BCUT2D eigenvalue weighted by atomic mass is 9.85. The molecule has 0 atom stereocenters. The lowest BCUT2D eigenvalue weighted by Gasteiger charge is -2.20. The van der Waals surface area contributed by atoms with Crippen LogP contribution in [-0.2, 0) is 21.3 Å². The molecule has 21 heavy (non-hydrogen) atoms. The number of benzene rings is 1. The van der Waals surface area contributed by atoms with Gasteiger partial charge in [0.2, 0.25) is 0 Å². The van der Waals surface area contributed by atoms with Crippen molar-refractivity contribution >= 4 is 15.9 Å². The maximum absolute atomic E-state index is 12.1. The van der Waals surface area contributed by atoms with Gasteiger partial charge in [0.25, 0.3) is 10.1 Å². The van der Waals surface area contributed by atoms with Gasteiger partial charge in [-0.05, 0) is 24.0 Å². The van der Waals surface area contributed by atoms with Crippen LogP contribution in [0.1, 0.15) is 50.5 Å². The molecule has 0 amide bonds. The van der Waals surface area contributed by atoms with Crippen molar-refractivity contribution in [3.05, 3.63) is 29.8 Å². The number of carbonyl (C=O) groups is 1. The molecule has 0 saturated heterocycles. The van der Waals surface area contributed by atoms with E-state index in [1.165, 1.54) is 38.2 Å². The number of hydrogen-bond donors (Lipinski definition) is 1. The summed E-state index contributed by atoms with van der Waals surface area (Å²) in [6, 6.07) is 6.14. The molecule has 0 unspecified atom stereocenters. The predicted molar refractivity (Wildman–Crippen MR) is 80.8 cm³/mol. The summed E-state index contributed by atoms with van der Waals surface area (Å²) in [6.07, 6.45) is 7.67. The predicted octanol–water partition coefficient (Wildman–Crippen LogP) is 3.41. The SMILES string of the molecule is O=C(CCC1CCCCC1)Cc1ccccc1S(=O)(=O)O. The molecule has 4 nitrogen and oxygen atoms in total. The topological polar surface area (TPSA) is 71.4 Å². The molecule has 0 aromatic heterocycles. The molecule has 116 valence electrons. The zero-order valence-corrected chi connectivity index (χ0v) is 12.9. The fourth-order valence-corrected chi connectivity index (χ4v) is 3.77.